The van der Waals surface area contributed by atoms with Gasteiger partial charge in [-0.1, -0.05) is 32.9 Å². The Bertz CT molecular complexity index is 1720. The van der Waals surface area contributed by atoms with Gasteiger partial charge in [0.15, 0.2) is 23.8 Å². The number of rotatable bonds is 21. The van der Waals surface area contributed by atoms with Crippen molar-refractivity contribution in [2.75, 3.05) is 52.5 Å². The molecule has 2 aromatic rings. The van der Waals surface area contributed by atoms with Crippen LogP contribution in [0.15, 0.2) is 24.4 Å². The second-order valence-electron chi connectivity index (χ2n) is 15.6. The fourth-order valence-electron chi connectivity index (χ4n) is 6.45. The molecule has 4 N–H and O–H groups in total. The second kappa shape index (κ2) is 19.8. The van der Waals surface area contributed by atoms with Gasteiger partial charge in [0.1, 0.15) is 43.6 Å². The fraction of sp³-hybridized carbons (Fsp3) is 0.632. The third kappa shape index (κ3) is 13.7. The van der Waals surface area contributed by atoms with Gasteiger partial charge in [-0.15, -0.1) is 5.10 Å². The number of ketones is 1. The highest BCUT2D eigenvalue weighted by molar-refractivity contribution is 5.97. The Kier molecular flexibility index (Phi) is 15.5. The lowest BCUT2D eigenvalue weighted by Crippen LogP contribution is -2.59. The van der Waals surface area contributed by atoms with Crippen molar-refractivity contribution in [3.8, 4) is 11.5 Å². The van der Waals surface area contributed by atoms with Crippen molar-refractivity contribution >= 4 is 35.4 Å². The monoisotopic (exact) mass is 785 g/mol. The van der Waals surface area contributed by atoms with Crippen molar-refractivity contribution in [1.29, 1.82) is 0 Å². The topological polar surface area (TPSA) is 221 Å². The summed E-state index contributed by atoms with van der Waals surface area (Å²) in [4.78, 5) is 77.1. The first kappa shape index (κ1) is 43.8. The number of benzene rings is 1. The first-order chi connectivity index (χ1) is 26.5. The molecule has 4 rings (SSSR count). The molecule has 2 fully saturated rings. The number of morpholine rings is 1. The van der Waals surface area contributed by atoms with E-state index >= 15 is 0 Å². The van der Waals surface area contributed by atoms with Gasteiger partial charge in [-0.2, -0.15) is 0 Å². The van der Waals surface area contributed by atoms with Crippen LogP contribution < -0.4 is 30.7 Å². The molecule has 2 aliphatic heterocycles. The quantitative estimate of drug-likeness (QED) is 0.0582. The maximum Gasteiger partial charge on any atom is 0.308 e. The first-order valence-corrected chi connectivity index (χ1v) is 19.0. The summed E-state index contributed by atoms with van der Waals surface area (Å²) in [5.41, 5.74) is 0.509. The van der Waals surface area contributed by atoms with Gasteiger partial charge in [-0.25, -0.2) is 0 Å². The highest BCUT2D eigenvalue weighted by Crippen LogP contribution is 2.32. The van der Waals surface area contributed by atoms with Crippen LogP contribution in [-0.4, -0.2) is 125 Å². The third-order valence-corrected chi connectivity index (χ3v) is 9.39. The Balaban J connectivity index is 1.33. The normalized spacial score (nSPS) is 18.4. The van der Waals surface area contributed by atoms with E-state index in [-0.39, 0.29) is 61.9 Å². The molecule has 3 heterocycles. The Morgan fingerprint density at radius 1 is 0.911 bits per heavy atom. The highest BCUT2D eigenvalue weighted by Gasteiger charge is 2.50. The lowest BCUT2D eigenvalue weighted by molar-refractivity contribution is -0.940. The number of nitrogens with zero attached hydrogens (tertiary/aromatic N) is 4. The van der Waals surface area contributed by atoms with Gasteiger partial charge in [0.05, 0.1) is 45.1 Å². The van der Waals surface area contributed by atoms with E-state index in [9.17, 15) is 28.8 Å². The molecule has 0 bridgehead atoms. The van der Waals surface area contributed by atoms with Gasteiger partial charge in [-0.3, -0.25) is 33.4 Å². The lowest BCUT2D eigenvalue weighted by Gasteiger charge is -2.40. The van der Waals surface area contributed by atoms with Crippen LogP contribution in [0, 0.1) is 11.8 Å². The van der Waals surface area contributed by atoms with E-state index < -0.39 is 41.4 Å². The number of quaternary nitrogens is 1. The van der Waals surface area contributed by atoms with Crippen LogP contribution in [0.1, 0.15) is 65.6 Å². The lowest BCUT2D eigenvalue weighted by atomic mass is 9.93. The summed E-state index contributed by atoms with van der Waals surface area (Å²) in [7, 11) is 1.74. The number of hydrogen-bond donors (Lipinski definition) is 4. The van der Waals surface area contributed by atoms with E-state index in [1.54, 1.807) is 37.0 Å². The Morgan fingerprint density at radius 3 is 2.12 bits per heavy atom. The average molecular weight is 786 g/mol. The predicted octanol–water partition coefficient (Wildman–Crippen LogP) is 0.319. The number of esters is 1. The van der Waals surface area contributed by atoms with Crippen molar-refractivity contribution in [2.45, 2.75) is 85.2 Å². The summed E-state index contributed by atoms with van der Waals surface area (Å²) in [5.74, 6) is -2.00. The van der Waals surface area contributed by atoms with Crippen LogP contribution >= 0.6 is 0 Å². The molecule has 3 atom stereocenters. The van der Waals surface area contributed by atoms with Crippen molar-refractivity contribution in [3.63, 3.8) is 0 Å². The number of nitrogens with one attached hydrogen (secondary N) is 4. The molecule has 0 saturated carbocycles. The highest BCUT2D eigenvalue weighted by atomic mass is 16.6. The van der Waals surface area contributed by atoms with Gasteiger partial charge in [0.25, 0.3) is 5.91 Å². The molecule has 56 heavy (non-hydrogen) atoms. The molecular weight excluding hydrogens is 728 g/mol. The van der Waals surface area contributed by atoms with Gasteiger partial charge in [0, 0.05) is 19.5 Å². The minimum Gasteiger partial charge on any atom is -0.483 e. The number of Topliss-reactive ketones (excluding diaryl/α,β-unsaturated/α-hetero) is 1. The minimum absolute atomic E-state index is 0.0218. The van der Waals surface area contributed by atoms with Gasteiger partial charge < -0.3 is 44.7 Å². The van der Waals surface area contributed by atoms with Gasteiger partial charge in [-0.05, 0) is 49.8 Å². The molecule has 2 saturated heterocycles. The first-order valence-electron chi connectivity index (χ1n) is 19.0. The molecule has 0 unspecified atom stereocenters. The number of carbonyl (C=O) groups excluding carboxylic acids is 6. The number of aryl methyl sites for hydroxylation is 1. The number of amides is 4. The molecule has 0 spiro atoms. The van der Waals surface area contributed by atoms with Crippen LogP contribution in [-0.2, 0) is 58.4 Å². The molecule has 1 aromatic carbocycles. The Morgan fingerprint density at radius 2 is 1.54 bits per heavy atom. The zero-order chi connectivity index (χ0) is 41.0. The number of hydrogen-bond acceptors (Lipinski definition) is 12. The summed E-state index contributed by atoms with van der Waals surface area (Å²) in [6.45, 7) is 12.7. The Hall–Kier alpha value is -4.94. The minimum atomic E-state index is -0.961. The van der Waals surface area contributed by atoms with Crippen LogP contribution in [0.3, 0.4) is 0 Å². The third-order valence-electron chi connectivity index (χ3n) is 9.39. The van der Waals surface area contributed by atoms with Gasteiger partial charge in [0.2, 0.25) is 17.7 Å². The van der Waals surface area contributed by atoms with Crippen LogP contribution in [0.2, 0.25) is 0 Å². The number of epoxide rings is 1. The average Bonchev–Trinajstić information content (AvgIpc) is 3.74. The number of ether oxygens (including phenoxy) is 4. The fourth-order valence-corrected chi connectivity index (χ4v) is 6.45. The van der Waals surface area contributed by atoms with E-state index in [0.717, 1.165) is 5.56 Å². The Labute approximate surface area is 327 Å². The second-order valence-corrected chi connectivity index (χ2v) is 15.6. The van der Waals surface area contributed by atoms with Crippen LogP contribution in [0.25, 0.3) is 0 Å². The molecule has 18 heteroatoms. The SMILES string of the molecule is CC(=O)Oc1ccc(C[N+]2(CC(=O)NCC(=O)N[C@@H](CC(C)C)C(=O)NCC(=O)N[C@@H](CC(C)C)C(=O)[C@@]3(C)CO3)CCOCC2)cc1OCc1cn(C)nn1. The molecule has 0 radical (unpaired) electrons. The van der Waals surface area contributed by atoms with E-state index in [0.29, 0.717) is 61.8 Å². The summed E-state index contributed by atoms with van der Waals surface area (Å²) < 4.78 is 24.1. The molecule has 4 amide bonds. The maximum atomic E-state index is 13.4. The summed E-state index contributed by atoms with van der Waals surface area (Å²) in [5, 5.41) is 18.6. The smallest absolute Gasteiger partial charge is 0.308 e. The molecule has 2 aliphatic rings. The standard InChI is InChI=1S/C38H56N8O10/c1-24(2)14-29(36(51)38(6)23-55-38)41-34(49)18-40-37(52)30(15-25(3)4)42-33(48)17-39-35(50)21-46(10-12-53-13-11-46)20-27-8-9-31(56-26(5)47)32(16-27)54-22-28-19-45(7)44-43-28/h8-9,16,19,24-25,29-30H,10-15,17-18,20-23H2,1-7H3,(H3-,39,40,41,42,48,49,50,52)/p+1/t29-,30-,38+/m0/s1. The summed E-state index contributed by atoms with van der Waals surface area (Å²) in [6.07, 6.45) is 2.43. The van der Waals surface area contributed by atoms with Crippen molar-refractivity contribution < 1.29 is 52.2 Å². The zero-order valence-electron chi connectivity index (χ0n) is 33.5. The summed E-state index contributed by atoms with van der Waals surface area (Å²) >= 11 is 0. The van der Waals surface area contributed by atoms with Crippen LogP contribution in [0.4, 0.5) is 0 Å². The van der Waals surface area contributed by atoms with Crippen molar-refractivity contribution in [2.24, 2.45) is 18.9 Å². The van der Waals surface area contributed by atoms with Crippen molar-refractivity contribution in [3.05, 3.63) is 35.7 Å². The molecular formula is C38H57N8O10+. The largest absolute Gasteiger partial charge is 0.483 e. The van der Waals surface area contributed by atoms with Gasteiger partial charge >= 0.3 is 5.97 Å². The summed E-state index contributed by atoms with van der Waals surface area (Å²) in [6, 6.07) is 3.52. The van der Waals surface area contributed by atoms with Crippen LogP contribution in [0.5, 0.6) is 11.5 Å². The molecule has 1 aromatic heterocycles. The van der Waals surface area contributed by atoms with Crippen molar-refractivity contribution in [1.82, 2.24) is 36.3 Å². The van der Waals surface area contributed by atoms with E-state index in [4.69, 9.17) is 18.9 Å². The zero-order valence-corrected chi connectivity index (χ0v) is 33.5. The van der Waals surface area contributed by atoms with E-state index in [2.05, 4.69) is 31.6 Å². The number of aromatic nitrogens is 3. The molecule has 308 valence electrons. The van der Waals surface area contributed by atoms with E-state index in [1.807, 2.05) is 33.8 Å². The number of carbonyl (C=O) groups is 6. The maximum absolute atomic E-state index is 13.4. The van der Waals surface area contributed by atoms with E-state index in [1.165, 1.54) is 6.92 Å². The predicted molar refractivity (Wildman–Crippen MR) is 201 cm³/mol. The molecule has 0 aliphatic carbocycles. The molecule has 18 nitrogen and oxygen atoms in total.